The number of hydrogen-bond donors (Lipinski definition) is 0. The van der Waals surface area contributed by atoms with Crippen LogP contribution in [-0.2, 0) is 23.8 Å². The van der Waals surface area contributed by atoms with Crippen LogP contribution in [0.2, 0.25) is 0 Å². The van der Waals surface area contributed by atoms with Gasteiger partial charge in [-0.3, -0.25) is 9.59 Å². The zero-order valence-corrected chi connectivity index (χ0v) is 12.3. The smallest absolute Gasteiger partial charge is 0.312 e. The minimum absolute atomic E-state index is 0.112. The van der Waals surface area contributed by atoms with Crippen molar-refractivity contribution in [2.75, 3.05) is 6.61 Å². The number of ether oxygens (including phenoxy) is 3. The Balaban J connectivity index is 2.23. The highest BCUT2D eigenvalue weighted by molar-refractivity contribution is 5.76. The van der Waals surface area contributed by atoms with Crippen LogP contribution in [0.1, 0.15) is 41.0 Å². The summed E-state index contributed by atoms with van der Waals surface area (Å²) in [6, 6.07) is 0. The van der Waals surface area contributed by atoms with Crippen LogP contribution < -0.4 is 0 Å². The lowest BCUT2D eigenvalue weighted by atomic mass is 10.2. The van der Waals surface area contributed by atoms with Crippen molar-refractivity contribution in [3.8, 4) is 0 Å². The highest BCUT2D eigenvalue weighted by Crippen LogP contribution is 2.40. The third-order valence-electron chi connectivity index (χ3n) is 2.90. The van der Waals surface area contributed by atoms with Crippen LogP contribution in [0.25, 0.3) is 0 Å². The van der Waals surface area contributed by atoms with E-state index in [1.165, 1.54) is 0 Å². The summed E-state index contributed by atoms with van der Waals surface area (Å²) in [6.07, 6.45) is 0.133. The Morgan fingerprint density at radius 3 is 2.26 bits per heavy atom. The maximum Gasteiger partial charge on any atom is 0.312 e. The molecule has 110 valence electrons. The maximum absolute atomic E-state index is 11.8. The van der Waals surface area contributed by atoms with Gasteiger partial charge >= 0.3 is 11.9 Å². The van der Waals surface area contributed by atoms with Crippen LogP contribution in [0.5, 0.6) is 0 Å². The molecule has 1 fully saturated rings. The largest absolute Gasteiger partial charge is 0.425 e. The minimum Gasteiger partial charge on any atom is -0.425 e. The quantitative estimate of drug-likeness (QED) is 0.525. The second kappa shape index (κ2) is 6.89. The Morgan fingerprint density at radius 2 is 1.74 bits per heavy atom. The van der Waals surface area contributed by atoms with E-state index in [2.05, 4.69) is 0 Å². The van der Waals surface area contributed by atoms with Gasteiger partial charge in [-0.15, -0.1) is 0 Å². The van der Waals surface area contributed by atoms with Crippen LogP contribution in [0, 0.1) is 17.8 Å². The number of carbonyl (C=O) groups excluding carboxylic acids is 2. The fourth-order valence-corrected chi connectivity index (χ4v) is 1.61. The van der Waals surface area contributed by atoms with E-state index in [-0.39, 0.29) is 35.8 Å². The normalized spacial score (nSPS) is 23.3. The molecule has 1 saturated carbocycles. The molecule has 1 aliphatic carbocycles. The van der Waals surface area contributed by atoms with Gasteiger partial charge in [0, 0.05) is 6.92 Å². The predicted octanol–water partition coefficient (Wildman–Crippen LogP) is 2.14. The number of hydrogen-bond acceptors (Lipinski definition) is 5. The van der Waals surface area contributed by atoms with Gasteiger partial charge < -0.3 is 14.2 Å². The molecule has 0 saturated heterocycles. The third kappa shape index (κ3) is 5.59. The standard InChI is InChI=1S/C14H24O5/c1-8(2)13(15)18-10(5)19-14(16)12-6-11(12)7-17-9(3)4/h8-12H,6-7H2,1-5H3/t10?,11-,12+/m0/s1. The van der Waals surface area contributed by atoms with Crippen molar-refractivity contribution in [3.63, 3.8) is 0 Å². The summed E-state index contributed by atoms with van der Waals surface area (Å²) in [5.74, 6) is -0.770. The van der Waals surface area contributed by atoms with E-state index in [0.29, 0.717) is 6.61 Å². The number of carbonyl (C=O) groups is 2. The van der Waals surface area contributed by atoms with Crippen molar-refractivity contribution in [1.82, 2.24) is 0 Å². The molecule has 0 heterocycles. The SMILES string of the molecule is CC(C)OC[C@@H]1C[C@H]1C(=O)OC(C)OC(=O)C(C)C. The average Bonchev–Trinajstić information content (AvgIpc) is 3.05. The summed E-state index contributed by atoms with van der Waals surface area (Å²) in [6.45, 7) is 9.53. The van der Waals surface area contributed by atoms with E-state index >= 15 is 0 Å². The molecular weight excluding hydrogens is 248 g/mol. The lowest BCUT2D eigenvalue weighted by molar-refractivity contribution is -0.188. The molecule has 0 spiro atoms. The summed E-state index contributed by atoms with van der Waals surface area (Å²) >= 11 is 0. The second-order valence-corrected chi connectivity index (χ2v) is 5.58. The number of esters is 2. The molecular formula is C14H24O5. The molecule has 0 bridgehead atoms. The Labute approximate surface area is 114 Å². The van der Waals surface area contributed by atoms with Gasteiger partial charge in [0.25, 0.3) is 0 Å². The lowest BCUT2D eigenvalue weighted by Gasteiger charge is -2.15. The molecule has 5 nitrogen and oxygen atoms in total. The first-order valence-electron chi connectivity index (χ1n) is 6.83. The first-order valence-corrected chi connectivity index (χ1v) is 6.83. The Hall–Kier alpha value is -1.10. The summed E-state index contributed by atoms with van der Waals surface area (Å²) in [4.78, 5) is 23.1. The highest BCUT2D eigenvalue weighted by Gasteiger charge is 2.45. The molecule has 1 rings (SSSR count). The van der Waals surface area contributed by atoms with Crippen molar-refractivity contribution < 1.29 is 23.8 Å². The fourth-order valence-electron chi connectivity index (χ4n) is 1.61. The van der Waals surface area contributed by atoms with E-state index in [1.54, 1.807) is 20.8 Å². The Kier molecular flexibility index (Phi) is 5.79. The topological polar surface area (TPSA) is 61.8 Å². The molecule has 0 aliphatic heterocycles. The summed E-state index contributed by atoms with van der Waals surface area (Å²) in [5, 5.41) is 0. The zero-order valence-electron chi connectivity index (χ0n) is 12.3. The Morgan fingerprint density at radius 1 is 1.11 bits per heavy atom. The molecule has 19 heavy (non-hydrogen) atoms. The molecule has 0 radical (unpaired) electrons. The van der Waals surface area contributed by atoms with Crippen molar-refractivity contribution in [2.24, 2.45) is 17.8 Å². The van der Waals surface area contributed by atoms with Crippen LogP contribution in [0.3, 0.4) is 0 Å². The molecule has 1 unspecified atom stereocenters. The van der Waals surface area contributed by atoms with Gasteiger partial charge in [-0.25, -0.2) is 0 Å². The maximum atomic E-state index is 11.8. The minimum atomic E-state index is -0.824. The third-order valence-corrected chi connectivity index (χ3v) is 2.90. The van der Waals surface area contributed by atoms with Crippen molar-refractivity contribution in [3.05, 3.63) is 0 Å². The van der Waals surface area contributed by atoms with Crippen molar-refractivity contribution in [1.29, 1.82) is 0 Å². The van der Waals surface area contributed by atoms with Gasteiger partial charge in [-0.2, -0.15) is 0 Å². The van der Waals surface area contributed by atoms with Gasteiger partial charge in [0.2, 0.25) is 6.29 Å². The number of rotatable bonds is 7. The molecule has 0 aromatic carbocycles. The summed E-state index contributed by atoms with van der Waals surface area (Å²) < 4.78 is 15.5. The molecule has 0 aromatic rings. The molecule has 0 N–H and O–H groups in total. The van der Waals surface area contributed by atoms with Crippen LogP contribution in [-0.4, -0.2) is 30.9 Å². The Bertz CT molecular complexity index is 324. The fraction of sp³-hybridized carbons (Fsp3) is 0.857. The molecule has 5 heteroatoms. The van der Waals surface area contributed by atoms with Gasteiger partial charge in [-0.1, -0.05) is 13.8 Å². The summed E-state index contributed by atoms with van der Waals surface area (Å²) in [5.41, 5.74) is 0. The van der Waals surface area contributed by atoms with Crippen LogP contribution in [0.15, 0.2) is 0 Å². The monoisotopic (exact) mass is 272 g/mol. The van der Waals surface area contributed by atoms with Crippen LogP contribution in [0.4, 0.5) is 0 Å². The second-order valence-electron chi connectivity index (χ2n) is 5.58. The van der Waals surface area contributed by atoms with E-state index in [4.69, 9.17) is 14.2 Å². The van der Waals surface area contributed by atoms with Gasteiger partial charge in [0.05, 0.1) is 24.5 Å². The average molecular weight is 272 g/mol. The van der Waals surface area contributed by atoms with Crippen molar-refractivity contribution >= 4 is 11.9 Å². The lowest BCUT2D eigenvalue weighted by Crippen LogP contribution is -2.25. The summed E-state index contributed by atoms with van der Waals surface area (Å²) in [7, 11) is 0. The van der Waals surface area contributed by atoms with Crippen molar-refractivity contribution in [2.45, 2.75) is 53.4 Å². The van der Waals surface area contributed by atoms with E-state index in [0.717, 1.165) is 6.42 Å². The van der Waals surface area contributed by atoms with Crippen LogP contribution >= 0.6 is 0 Å². The van der Waals surface area contributed by atoms with Gasteiger partial charge in [0.15, 0.2) is 0 Å². The van der Waals surface area contributed by atoms with Gasteiger partial charge in [-0.05, 0) is 26.2 Å². The molecule has 1 aliphatic rings. The first-order chi connectivity index (χ1) is 8.81. The molecule has 0 amide bonds. The molecule has 3 atom stereocenters. The predicted molar refractivity (Wildman–Crippen MR) is 69.2 cm³/mol. The van der Waals surface area contributed by atoms with Gasteiger partial charge in [0.1, 0.15) is 0 Å². The van der Waals surface area contributed by atoms with E-state index in [1.807, 2.05) is 13.8 Å². The van der Waals surface area contributed by atoms with E-state index < -0.39 is 6.29 Å². The highest BCUT2D eigenvalue weighted by atomic mass is 16.7. The molecule has 0 aromatic heterocycles. The zero-order chi connectivity index (χ0) is 14.6. The first kappa shape index (κ1) is 16.0. The van der Waals surface area contributed by atoms with E-state index in [9.17, 15) is 9.59 Å².